The molecule has 1 aromatic heterocycles. The molecule has 0 saturated carbocycles. The summed E-state index contributed by atoms with van der Waals surface area (Å²) in [6.45, 7) is 0.791. The van der Waals surface area contributed by atoms with Crippen molar-refractivity contribution in [1.29, 1.82) is 0 Å². The van der Waals surface area contributed by atoms with Crippen molar-refractivity contribution < 1.29 is 56.0 Å². The molecule has 0 N–H and O–H groups in total. The van der Waals surface area contributed by atoms with Crippen molar-refractivity contribution in [2.24, 2.45) is 0 Å². The summed E-state index contributed by atoms with van der Waals surface area (Å²) in [5.74, 6) is -0.299. The third-order valence-corrected chi connectivity index (χ3v) is 5.85. The molecule has 0 bridgehead atoms. The number of esters is 1. The van der Waals surface area contributed by atoms with Crippen LogP contribution < -0.4 is 0 Å². The minimum absolute atomic E-state index is 0. The summed E-state index contributed by atoms with van der Waals surface area (Å²) in [7, 11) is 3.02. The zero-order chi connectivity index (χ0) is 28.2. The van der Waals surface area contributed by atoms with Gasteiger partial charge in [-0.25, -0.2) is 0 Å². The van der Waals surface area contributed by atoms with Gasteiger partial charge in [0.15, 0.2) is 0 Å². The number of hydrogen-bond donors (Lipinski definition) is 0. The average molecular weight is 737 g/mol. The van der Waals surface area contributed by atoms with Gasteiger partial charge in [-0.2, -0.15) is 33.5 Å². The number of aromatic nitrogens is 2. The standard InChI is InChI=1S/C22H11F6N2.C6H9NO2.Ir/c23-21(24,25)15-9-5-13(6-10-15)19-20(30-18-4-2-1-3-17(18)29-19)14-7-11-16(12-8-14)22(26,27)28;1-9-6(8)5-3-2-4-7-5;/h1-7,9-12H;5H,1-4H2;/q-1;-2;+3. The van der Waals surface area contributed by atoms with Crippen LogP contribution in [-0.2, 0) is 42.0 Å². The van der Waals surface area contributed by atoms with Crippen LogP contribution in [-0.4, -0.2) is 28.5 Å². The molecule has 1 fully saturated rings. The molecular weight excluding hydrogens is 717 g/mol. The molecule has 12 heteroatoms. The molecule has 1 atom stereocenters. The van der Waals surface area contributed by atoms with Crippen LogP contribution in [0.25, 0.3) is 38.9 Å². The Hall–Kier alpha value is -3.34. The van der Waals surface area contributed by atoms with E-state index >= 15 is 0 Å². The van der Waals surface area contributed by atoms with E-state index in [0.29, 0.717) is 16.6 Å². The number of hydrogen-bond acceptors (Lipinski definition) is 4. The average Bonchev–Trinajstić information content (AvgIpc) is 3.47. The van der Waals surface area contributed by atoms with Crippen LogP contribution in [0.15, 0.2) is 66.7 Å². The molecule has 210 valence electrons. The van der Waals surface area contributed by atoms with Crippen molar-refractivity contribution in [1.82, 2.24) is 9.97 Å². The normalized spacial score (nSPS) is 15.1. The van der Waals surface area contributed by atoms with E-state index in [2.05, 4.69) is 33.2 Å². The number of rotatable bonds is 3. The zero-order valence-corrected chi connectivity index (χ0v) is 22.9. The maximum atomic E-state index is 12.9. The van der Waals surface area contributed by atoms with E-state index < -0.39 is 23.5 Å². The van der Waals surface area contributed by atoms with E-state index in [-0.39, 0.29) is 49.1 Å². The van der Waals surface area contributed by atoms with Crippen LogP contribution in [0.4, 0.5) is 26.3 Å². The largest absolute Gasteiger partial charge is 3.00 e. The van der Waals surface area contributed by atoms with Crippen LogP contribution >= 0.6 is 0 Å². The molecule has 0 radical (unpaired) electrons. The number of nitrogens with zero attached hydrogens (tertiary/aromatic N) is 3. The molecule has 1 unspecified atom stereocenters. The summed E-state index contributed by atoms with van der Waals surface area (Å²) < 4.78 is 81.5. The molecule has 0 aliphatic carbocycles. The van der Waals surface area contributed by atoms with Gasteiger partial charge in [0.2, 0.25) is 0 Å². The minimum atomic E-state index is -4.51. The number of ether oxygens (including phenoxy) is 1. The van der Waals surface area contributed by atoms with Gasteiger partial charge in [-0.3, -0.25) is 14.8 Å². The van der Waals surface area contributed by atoms with E-state index in [9.17, 15) is 31.1 Å². The Labute approximate surface area is 239 Å². The van der Waals surface area contributed by atoms with Gasteiger partial charge < -0.3 is 10.1 Å². The van der Waals surface area contributed by atoms with Crippen molar-refractivity contribution >= 4 is 17.0 Å². The number of carbonyl (C=O) groups excluding carboxylic acids is 1. The second-order valence-corrected chi connectivity index (χ2v) is 8.50. The fourth-order valence-corrected chi connectivity index (χ4v) is 3.87. The Balaban J connectivity index is 0.000000377. The number of alkyl halides is 6. The SMILES string of the molecule is FC(F)(F)c1c[c-]c(-c2nc3ccccc3nc2-c2ccc(C(F)(F)F)cc2)cc1.[CH2-]OC(=O)C1CCC[N-]1.[Ir+3]. The van der Waals surface area contributed by atoms with Crippen LogP contribution in [0.5, 0.6) is 0 Å². The topological polar surface area (TPSA) is 66.2 Å². The van der Waals surface area contributed by atoms with Crippen LogP contribution in [0, 0.1) is 13.2 Å². The summed E-state index contributed by atoms with van der Waals surface area (Å²) in [5.41, 5.74) is 0.388. The monoisotopic (exact) mass is 737 g/mol. The second kappa shape index (κ2) is 12.9. The molecular formula is C28H20F6IrN3O2. The quantitative estimate of drug-likeness (QED) is 0.123. The summed E-state index contributed by atoms with van der Waals surface area (Å²) in [4.78, 5) is 19.6. The van der Waals surface area contributed by atoms with E-state index in [0.717, 1.165) is 43.7 Å². The summed E-state index contributed by atoms with van der Waals surface area (Å²) in [6.07, 6.45) is -7.17. The third-order valence-electron chi connectivity index (χ3n) is 5.85. The van der Waals surface area contributed by atoms with Crippen molar-refractivity contribution in [3.8, 4) is 22.5 Å². The Morgan fingerprint density at radius 2 is 1.45 bits per heavy atom. The predicted octanol–water partition coefficient (Wildman–Crippen LogP) is 7.66. The molecule has 5 nitrogen and oxygen atoms in total. The molecule has 5 rings (SSSR count). The van der Waals surface area contributed by atoms with Gasteiger partial charge in [0.05, 0.1) is 22.3 Å². The van der Waals surface area contributed by atoms with Gasteiger partial charge in [0, 0.05) is 5.69 Å². The Morgan fingerprint density at radius 1 is 0.875 bits per heavy atom. The summed E-state index contributed by atoms with van der Waals surface area (Å²) in [5, 5.41) is 3.99. The van der Waals surface area contributed by atoms with Gasteiger partial charge in [-0.15, -0.1) is 36.4 Å². The molecule has 1 aliphatic heterocycles. The van der Waals surface area contributed by atoms with Crippen molar-refractivity contribution in [2.45, 2.75) is 31.2 Å². The molecule has 1 saturated heterocycles. The van der Waals surface area contributed by atoms with E-state index in [1.165, 1.54) is 18.2 Å². The number of halogens is 6. The summed E-state index contributed by atoms with van der Waals surface area (Å²) in [6, 6.07) is 16.5. The smallest absolute Gasteiger partial charge is 0.650 e. The minimum Gasteiger partial charge on any atom is -0.650 e. The number of para-hydroxylation sites is 2. The second-order valence-electron chi connectivity index (χ2n) is 8.50. The zero-order valence-electron chi connectivity index (χ0n) is 20.5. The summed E-state index contributed by atoms with van der Waals surface area (Å²) >= 11 is 0. The van der Waals surface area contributed by atoms with E-state index in [1.54, 1.807) is 24.3 Å². The Kier molecular flexibility index (Phi) is 10.0. The molecule has 2 heterocycles. The Bertz CT molecular complexity index is 1340. The fraction of sp³-hybridized carbons (Fsp3) is 0.214. The van der Waals surface area contributed by atoms with E-state index in [1.807, 2.05) is 0 Å². The van der Waals surface area contributed by atoms with Gasteiger partial charge in [-0.1, -0.05) is 37.1 Å². The first-order valence-electron chi connectivity index (χ1n) is 11.6. The molecule has 3 aromatic carbocycles. The molecule has 40 heavy (non-hydrogen) atoms. The number of carbonyl (C=O) groups is 1. The van der Waals surface area contributed by atoms with Crippen LogP contribution in [0.2, 0.25) is 0 Å². The fourth-order valence-electron chi connectivity index (χ4n) is 3.87. The van der Waals surface area contributed by atoms with Gasteiger partial charge in [-0.05, 0) is 41.4 Å². The Morgan fingerprint density at radius 3 is 1.93 bits per heavy atom. The van der Waals surface area contributed by atoms with Crippen molar-refractivity contribution in [3.05, 3.63) is 96.3 Å². The van der Waals surface area contributed by atoms with Gasteiger partial charge >= 0.3 is 32.5 Å². The van der Waals surface area contributed by atoms with Crippen molar-refractivity contribution in [3.63, 3.8) is 0 Å². The predicted molar refractivity (Wildman–Crippen MR) is 132 cm³/mol. The maximum Gasteiger partial charge on any atom is 3.00 e. The molecule has 0 amide bonds. The molecule has 1 aliphatic rings. The van der Waals surface area contributed by atoms with Crippen LogP contribution in [0.3, 0.4) is 0 Å². The van der Waals surface area contributed by atoms with Gasteiger partial charge in [0.25, 0.3) is 5.97 Å². The first-order valence-corrected chi connectivity index (χ1v) is 11.6. The maximum absolute atomic E-state index is 12.9. The first-order chi connectivity index (χ1) is 18.5. The molecule has 0 spiro atoms. The third kappa shape index (κ3) is 7.44. The van der Waals surface area contributed by atoms with Crippen LogP contribution in [0.1, 0.15) is 24.0 Å². The van der Waals surface area contributed by atoms with E-state index in [4.69, 9.17) is 0 Å². The van der Waals surface area contributed by atoms with Gasteiger partial charge in [0.1, 0.15) is 0 Å². The first kappa shape index (κ1) is 31.2. The number of fused-ring (bicyclic) bond motifs is 1. The number of benzene rings is 3. The molecule has 4 aromatic rings. The van der Waals surface area contributed by atoms with Crippen molar-refractivity contribution in [2.75, 3.05) is 6.54 Å².